The summed E-state index contributed by atoms with van der Waals surface area (Å²) >= 11 is 0. The average molecular weight is 366 g/mol. The van der Waals surface area contributed by atoms with E-state index < -0.39 is 0 Å². The van der Waals surface area contributed by atoms with Gasteiger partial charge in [0, 0.05) is 23.3 Å². The summed E-state index contributed by atoms with van der Waals surface area (Å²) in [5.41, 5.74) is 2.74. The third-order valence-corrected chi connectivity index (χ3v) is 4.48. The Morgan fingerprint density at radius 1 is 1.19 bits per heavy atom. The molecule has 0 aliphatic carbocycles. The van der Waals surface area contributed by atoms with Crippen LogP contribution in [0.1, 0.15) is 25.0 Å². The van der Waals surface area contributed by atoms with E-state index in [0.717, 1.165) is 11.1 Å². The Kier molecular flexibility index (Phi) is 4.95. The van der Waals surface area contributed by atoms with Crippen molar-refractivity contribution in [2.45, 2.75) is 27.2 Å². The molecule has 2 N–H and O–H groups in total. The number of hydrogen-bond acceptors (Lipinski definition) is 5. The molecular formula is C22H22O5. The second-order valence-corrected chi connectivity index (χ2v) is 6.74. The summed E-state index contributed by atoms with van der Waals surface area (Å²) in [5.74, 6) is 0.656. The smallest absolute Gasteiger partial charge is 0.197 e. The molecule has 1 aromatic heterocycles. The maximum atomic E-state index is 12.7. The molecule has 0 atom stereocenters. The van der Waals surface area contributed by atoms with Crippen molar-refractivity contribution in [2.24, 2.45) is 0 Å². The zero-order valence-corrected chi connectivity index (χ0v) is 15.8. The quantitative estimate of drug-likeness (QED) is 0.655. The molecule has 0 spiro atoms. The minimum absolute atomic E-state index is 0.0628. The number of hydrogen-bond donors (Lipinski definition) is 2. The normalized spacial score (nSPS) is 10.8. The number of aromatic hydroxyl groups is 2. The molecule has 0 aliphatic rings. The highest BCUT2D eigenvalue weighted by Crippen LogP contribution is 2.36. The molecule has 0 saturated heterocycles. The minimum atomic E-state index is -0.373. The fraction of sp³-hybridized carbons (Fsp3) is 0.227. The number of rotatable bonds is 4. The van der Waals surface area contributed by atoms with Gasteiger partial charge in [0.1, 0.15) is 34.0 Å². The van der Waals surface area contributed by atoms with Gasteiger partial charge in [-0.15, -0.1) is 0 Å². The molecule has 0 aliphatic heterocycles. The molecule has 2 aromatic carbocycles. The van der Waals surface area contributed by atoms with Crippen molar-refractivity contribution in [3.8, 4) is 28.6 Å². The molecule has 3 aromatic rings. The van der Waals surface area contributed by atoms with Crippen molar-refractivity contribution >= 4 is 11.0 Å². The van der Waals surface area contributed by atoms with E-state index in [1.54, 1.807) is 13.2 Å². The topological polar surface area (TPSA) is 79.9 Å². The van der Waals surface area contributed by atoms with Crippen LogP contribution in [0, 0.1) is 6.92 Å². The third kappa shape index (κ3) is 3.53. The first kappa shape index (κ1) is 18.6. The van der Waals surface area contributed by atoms with Crippen molar-refractivity contribution < 1.29 is 19.4 Å². The molecule has 3 rings (SSSR count). The second kappa shape index (κ2) is 7.19. The van der Waals surface area contributed by atoms with Gasteiger partial charge in [-0.05, 0) is 38.8 Å². The Labute approximate surface area is 157 Å². The van der Waals surface area contributed by atoms with Crippen LogP contribution in [-0.4, -0.2) is 17.3 Å². The monoisotopic (exact) mass is 366 g/mol. The fourth-order valence-corrected chi connectivity index (χ4v) is 2.95. The maximum absolute atomic E-state index is 12.7. The first-order valence-corrected chi connectivity index (χ1v) is 8.62. The molecule has 0 bridgehead atoms. The Hall–Kier alpha value is -3.21. The number of phenols is 2. The Balaban J connectivity index is 2.20. The zero-order chi connectivity index (χ0) is 19.7. The maximum Gasteiger partial charge on any atom is 0.197 e. The van der Waals surface area contributed by atoms with Crippen molar-refractivity contribution in [3.05, 3.63) is 63.3 Å². The lowest BCUT2D eigenvalue weighted by Gasteiger charge is -2.11. The van der Waals surface area contributed by atoms with Gasteiger partial charge in [0.2, 0.25) is 0 Å². The van der Waals surface area contributed by atoms with E-state index in [1.807, 2.05) is 39.0 Å². The van der Waals surface area contributed by atoms with Gasteiger partial charge < -0.3 is 19.4 Å². The molecule has 5 heteroatoms. The van der Waals surface area contributed by atoms with Crippen LogP contribution in [0.5, 0.6) is 17.2 Å². The summed E-state index contributed by atoms with van der Waals surface area (Å²) in [6.45, 7) is 5.76. The summed E-state index contributed by atoms with van der Waals surface area (Å²) in [5, 5.41) is 20.9. The van der Waals surface area contributed by atoms with Crippen LogP contribution in [-0.2, 0) is 6.42 Å². The van der Waals surface area contributed by atoms with Crippen molar-refractivity contribution in [1.82, 2.24) is 0 Å². The van der Waals surface area contributed by atoms with Gasteiger partial charge in [0.05, 0.1) is 7.11 Å². The molecule has 140 valence electrons. The van der Waals surface area contributed by atoms with Gasteiger partial charge in [0.15, 0.2) is 5.43 Å². The summed E-state index contributed by atoms with van der Waals surface area (Å²) in [4.78, 5) is 12.7. The zero-order valence-electron chi connectivity index (χ0n) is 15.8. The summed E-state index contributed by atoms with van der Waals surface area (Å²) in [6.07, 6.45) is 2.20. The highest BCUT2D eigenvalue weighted by molar-refractivity contribution is 5.88. The molecule has 0 fully saturated rings. The van der Waals surface area contributed by atoms with Gasteiger partial charge in [-0.2, -0.15) is 0 Å². The SMILES string of the molecule is COc1cc(-c2cc(=O)c3c(O)c(CC=C(C)C)c(O)cc3o2)ccc1C. The number of benzene rings is 2. The lowest BCUT2D eigenvalue weighted by molar-refractivity contribution is 0.411. The first-order chi connectivity index (χ1) is 12.8. The van der Waals surface area contributed by atoms with Crippen LogP contribution >= 0.6 is 0 Å². The highest BCUT2D eigenvalue weighted by atomic mass is 16.5. The van der Waals surface area contributed by atoms with E-state index in [-0.39, 0.29) is 27.9 Å². The summed E-state index contributed by atoms with van der Waals surface area (Å²) < 4.78 is 11.1. The van der Waals surface area contributed by atoms with Crippen LogP contribution in [0.4, 0.5) is 0 Å². The second-order valence-electron chi connectivity index (χ2n) is 6.74. The fourth-order valence-electron chi connectivity index (χ4n) is 2.95. The van der Waals surface area contributed by atoms with E-state index in [1.165, 1.54) is 12.1 Å². The lowest BCUT2D eigenvalue weighted by Crippen LogP contribution is -2.02. The van der Waals surface area contributed by atoms with E-state index in [2.05, 4.69) is 0 Å². The molecule has 0 radical (unpaired) electrons. The molecule has 27 heavy (non-hydrogen) atoms. The number of methoxy groups -OCH3 is 1. The van der Waals surface area contributed by atoms with E-state index in [4.69, 9.17) is 9.15 Å². The van der Waals surface area contributed by atoms with Gasteiger partial charge in [-0.25, -0.2) is 0 Å². The Morgan fingerprint density at radius 2 is 1.93 bits per heavy atom. The predicted molar refractivity (Wildman–Crippen MR) is 106 cm³/mol. The van der Waals surface area contributed by atoms with Gasteiger partial charge in [-0.3, -0.25) is 4.79 Å². The third-order valence-electron chi connectivity index (χ3n) is 4.48. The van der Waals surface area contributed by atoms with Crippen molar-refractivity contribution in [3.63, 3.8) is 0 Å². The Morgan fingerprint density at radius 3 is 2.59 bits per heavy atom. The van der Waals surface area contributed by atoms with Gasteiger partial charge in [0.25, 0.3) is 0 Å². The lowest BCUT2D eigenvalue weighted by atomic mass is 10.0. The largest absolute Gasteiger partial charge is 0.507 e. The molecular weight excluding hydrogens is 344 g/mol. The molecule has 1 heterocycles. The summed E-state index contributed by atoms with van der Waals surface area (Å²) in [6, 6.07) is 8.19. The van der Waals surface area contributed by atoms with E-state index in [0.29, 0.717) is 29.1 Å². The number of fused-ring (bicyclic) bond motifs is 1. The molecule has 0 amide bonds. The molecule has 0 unspecified atom stereocenters. The standard InChI is InChI=1S/C22H22O5/c1-12(2)5-8-15-16(23)10-20-21(22(15)25)17(24)11-19(27-20)14-7-6-13(3)18(9-14)26-4/h5-7,9-11,23,25H,8H2,1-4H3. The van der Waals surface area contributed by atoms with Crippen molar-refractivity contribution in [2.75, 3.05) is 7.11 Å². The number of aryl methyl sites for hydroxylation is 1. The highest BCUT2D eigenvalue weighted by Gasteiger charge is 2.17. The van der Waals surface area contributed by atoms with Gasteiger partial charge in [-0.1, -0.05) is 23.8 Å². The number of allylic oxidation sites excluding steroid dienone is 2. The van der Waals surface area contributed by atoms with E-state index >= 15 is 0 Å². The minimum Gasteiger partial charge on any atom is -0.507 e. The van der Waals surface area contributed by atoms with Crippen LogP contribution in [0.2, 0.25) is 0 Å². The molecule has 5 nitrogen and oxygen atoms in total. The summed E-state index contributed by atoms with van der Waals surface area (Å²) in [7, 11) is 1.58. The van der Waals surface area contributed by atoms with E-state index in [9.17, 15) is 15.0 Å². The first-order valence-electron chi connectivity index (χ1n) is 8.62. The van der Waals surface area contributed by atoms with Crippen LogP contribution in [0.15, 0.2) is 51.2 Å². The molecule has 0 saturated carbocycles. The number of phenolic OH excluding ortho intramolecular Hbond substituents is 2. The number of ether oxygens (including phenoxy) is 1. The predicted octanol–water partition coefficient (Wildman–Crippen LogP) is 4.70. The van der Waals surface area contributed by atoms with Crippen LogP contribution in [0.25, 0.3) is 22.3 Å². The average Bonchev–Trinajstić information content (AvgIpc) is 2.60. The van der Waals surface area contributed by atoms with Crippen LogP contribution < -0.4 is 10.2 Å². The van der Waals surface area contributed by atoms with Crippen molar-refractivity contribution in [1.29, 1.82) is 0 Å². The Bertz CT molecular complexity index is 1100. The van der Waals surface area contributed by atoms with Gasteiger partial charge >= 0.3 is 0 Å². The van der Waals surface area contributed by atoms with Crippen LogP contribution in [0.3, 0.4) is 0 Å².